The third kappa shape index (κ3) is 3.49. The molecule has 5 rings (SSSR count). The monoisotopic (exact) mass is 386 g/mol. The molecule has 4 aliphatic rings. The van der Waals surface area contributed by atoms with Gasteiger partial charge in [0.25, 0.3) is 0 Å². The van der Waals surface area contributed by atoms with Crippen molar-refractivity contribution in [1.82, 2.24) is 19.9 Å². The number of hydrogen-bond donors (Lipinski definition) is 0. The molecule has 1 atom stereocenters. The first kappa shape index (κ1) is 18.6. The van der Waals surface area contributed by atoms with Gasteiger partial charge in [-0.3, -0.25) is 9.69 Å². The van der Waals surface area contributed by atoms with Crippen LogP contribution in [0.5, 0.6) is 0 Å². The van der Waals surface area contributed by atoms with E-state index in [0.717, 1.165) is 50.6 Å². The van der Waals surface area contributed by atoms with Crippen LogP contribution in [0.2, 0.25) is 0 Å². The minimum atomic E-state index is -0.159. The summed E-state index contributed by atoms with van der Waals surface area (Å²) in [6.07, 6.45) is 14.4. The van der Waals surface area contributed by atoms with Crippen molar-refractivity contribution in [3.05, 3.63) is 11.7 Å². The van der Waals surface area contributed by atoms with Crippen LogP contribution >= 0.6 is 0 Å². The van der Waals surface area contributed by atoms with E-state index >= 15 is 0 Å². The zero-order valence-corrected chi connectivity index (χ0v) is 17.1. The lowest BCUT2D eigenvalue weighted by molar-refractivity contribution is -0.149. The average molecular weight is 387 g/mol. The molecule has 0 N–H and O–H groups in total. The number of nitrogens with zero attached hydrogens (tertiary/aromatic N) is 4. The van der Waals surface area contributed by atoms with Crippen molar-refractivity contribution in [3.8, 4) is 0 Å². The Morgan fingerprint density at radius 3 is 2.57 bits per heavy atom. The molecular weight excluding hydrogens is 352 g/mol. The number of likely N-dealkylation sites (tertiary alicyclic amines) is 2. The Kier molecular flexibility index (Phi) is 5.16. The molecule has 1 spiro atoms. The van der Waals surface area contributed by atoms with Crippen molar-refractivity contribution in [2.45, 2.75) is 95.6 Å². The van der Waals surface area contributed by atoms with Gasteiger partial charge in [-0.15, -0.1) is 0 Å². The highest BCUT2D eigenvalue weighted by atomic mass is 16.5. The van der Waals surface area contributed by atoms with E-state index in [2.05, 4.69) is 19.9 Å². The summed E-state index contributed by atoms with van der Waals surface area (Å²) in [6, 6.07) is 0.499. The van der Waals surface area contributed by atoms with E-state index in [1.54, 1.807) is 0 Å². The zero-order valence-electron chi connectivity index (χ0n) is 17.1. The normalized spacial score (nSPS) is 30.7. The number of carbonyl (C=O) groups excluding carboxylic acids is 1. The van der Waals surface area contributed by atoms with Crippen molar-refractivity contribution in [1.29, 1.82) is 0 Å². The second-order valence-electron chi connectivity index (χ2n) is 9.67. The summed E-state index contributed by atoms with van der Waals surface area (Å²) in [5.41, 5.74) is -0.159. The summed E-state index contributed by atoms with van der Waals surface area (Å²) in [7, 11) is 0. The van der Waals surface area contributed by atoms with E-state index < -0.39 is 0 Å². The second kappa shape index (κ2) is 7.77. The zero-order chi connectivity index (χ0) is 19.0. The minimum absolute atomic E-state index is 0.159. The molecule has 2 aliphatic carbocycles. The number of amides is 1. The predicted molar refractivity (Wildman–Crippen MR) is 106 cm³/mol. The molecule has 28 heavy (non-hydrogen) atoms. The Labute approximate surface area is 168 Å². The van der Waals surface area contributed by atoms with Crippen molar-refractivity contribution in [2.75, 3.05) is 19.6 Å². The van der Waals surface area contributed by atoms with Gasteiger partial charge in [0.05, 0.1) is 12.0 Å². The first-order valence-corrected chi connectivity index (χ1v) is 11.6. The summed E-state index contributed by atoms with van der Waals surface area (Å²) in [4.78, 5) is 22.8. The third-order valence-electron chi connectivity index (χ3n) is 7.77. The maximum Gasteiger partial charge on any atom is 0.230 e. The Morgan fingerprint density at radius 2 is 1.75 bits per heavy atom. The van der Waals surface area contributed by atoms with Gasteiger partial charge in [0.2, 0.25) is 11.8 Å². The summed E-state index contributed by atoms with van der Waals surface area (Å²) < 4.78 is 5.55. The fraction of sp³-hybridized carbons (Fsp3) is 0.864. The molecule has 154 valence electrons. The van der Waals surface area contributed by atoms with Crippen LogP contribution in [0.4, 0.5) is 0 Å². The molecule has 3 heterocycles. The van der Waals surface area contributed by atoms with Gasteiger partial charge in [-0.1, -0.05) is 37.3 Å². The van der Waals surface area contributed by atoms with Crippen molar-refractivity contribution in [3.63, 3.8) is 0 Å². The highest BCUT2D eigenvalue weighted by Gasteiger charge is 2.49. The third-order valence-corrected chi connectivity index (χ3v) is 7.77. The van der Waals surface area contributed by atoms with E-state index in [1.807, 2.05) is 0 Å². The number of carbonyl (C=O) groups is 1. The molecule has 0 aromatic carbocycles. The molecule has 2 saturated carbocycles. The van der Waals surface area contributed by atoms with Crippen LogP contribution < -0.4 is 0 Å². The smallest absolute Gasteiger partial charge is 0.230 e. The number of piperidine rings is 1. The molecule has 1 aromatic heterocycles. The first-order chi connectivity index (χ1) is 13.7. The van der Waals surface area contributed by atoms with Crippen molar-refractivity contribution >= 4 is 5.91 Å². The fourth-order valence-electron chi connectivity index (χ4n) is 6.18. The van der Waals surface area contributed by atoms with Gasteiger partial charge in [0.1, 0.15) is 0 Å². The van der Waals surface area contributed by atoms with E-state index in [4.69, 9.17) is 4.52 Å². The van der Waals surface area contributed by atoms with E-state index in [0.29, 0.717) is 24.4 Å². The van der Waals surface area contributed by atoms with Crippen molar-refractivity contribution in [2.24, 2.45) is 5.41 Å². The largest absolute Gasteiger partial charge is 0.339 e. The molecule has 2 aliphatic heterocycles. The molecule has 0 bridgehead atoms. The maximum atomic E-state index is 13.5. The molecule has 0 radical (unpaired) electrons. The second-order valence-corrected chi connectivity index (χ2v) is 9.67. The lowest BCUT2D eigenvalue weighted by Gasteiger charge is -2.44. The minimum Gasteiger partial charge on any atom is -0.339 e. The van der Waals surface area contributed by atoms with E-state index in [9.17, 15) is 4.79 Å². The lowest BCUT2D eigenvalue weighted by Crippen LogP contribution is -2.54. The highest BCUT2D eigenvalue weighted by Crippen LogP contribution is 2.42. The van der Waals surface area contributed by atoms with Crippen LogP contribution in [-0.4, -0.2) is 51.5 Å². The molecule has 4 fully saturated rings. The SMILES string of the molecule is O=C1N(C2CCCCC2)CCCC12CCN(Cc1noc(C3CCCC3)n1)C2. The average Bonchev–Trinajstić information content (AvgIpc) is 3.47. The Balaban J connectivity index is 1.22. The van der Waals surface area contributed by atoms with E-state index in [-0.39, 0.29) is 5.41 Å². The van der Waals surface area contributed by atoms with Crippen LogP contribution in [0.1, 0.15) is 94.7 Å². The highest BCUT2D eigenvalue weighted by molar-refractivity contribution is 5.84. The van der Waals surface area contributed by atoms with Crippen LogP contribution in [0.15, 0.2) is 4.52 Å². The van der Waals surface area contributed by atoms with Crippen LogP contribution in [0.3, 0.4) is 0 Å². The number of hydrogen-bond acceptors (Lipinski definition) is 5. The Morgan fingerprint density at radius 1 is 0.964 bits per heavy atom. The maximum absolute atomic E-state index is 13.5. The van der Waals surface area contributed by atoms with Crippen LogP contribution in [0, 0.1) is 5.41 Å². The molecule has 1 aromatic rings. The first-order valence-electron chi connectivity index (χ1n) is 11.6. The molecule has 2 saturated heterocycles. The topological polar surface area (TPSA) is 62.5 Å². The molecule has 6 nitrogen and oxygen atoms in total. The molecule has 1 unspecified atom stereocenters. The standard InChI is InChI=1S/C22H34N4O2/c27-21-22(11-6-13-26(21)18-9-2-1-3-10-18)12-14-25(16-22)15-19-23-20(28-24-19)17-7-4-5-8-17/h17-18H,1-16H2. The summed E-state index contributed by atoms with van der Waals surface area (Å²) in [5, 5.41) is 4.24. The fourth-order valence-corrected chi connectivity index (χ4v) is 6.18. The summed E-state index contributed by atoms with van der Waals surface area (Å²) >= 11 is 0. The number of rotatable bonds is 4. The number of aromatic nitrogens is 2. The van der Waals surface area contributed by atoms with Gasteiger partial charge in [0.15, 0.2) is 5.82 Å². The van der Waals surface area contributed by atoms with Crippen LogP contribution in [-0.2, 0) is 11.3 Å². The summed E-state index contributed by atoms with van der Waals surface area (Å²) in [5.74, 6) is 2.54. The van der Waals surface area contributed by atoms with Gasteiger partial charge in [-0.05, 0) is 51.5 Å². The predicted octanol–water partition coefficient (Wildman–Crippen LogP) is 3.87. The molecule has 1 amide bonds. The Bertz CT molecular complexity index is 692. The van der Waals surface area contributed by atoms with Gasteiger partial charge in [0, 0.05) is 25.0 Å². The quantitative estimate of drug-likeness (QED) is 0.786. The van der Waals surface area contributed by atoms with Gasteiger partial charge in [-0.25, -0.2) is 0 Å². The lowest BCUT2D eigenvalue weighted by atomic mass is 9.77. The molecule has 6 heteroatoms. The van der Waals surface area contributed by atoms with Crippen molar-refractivity contribution < 1.29 is 9.32 Å². The van der Waals surface area contributed by atoms with Gasteiger partial charge >= 0.3 is 0 Å². The Hall–Kier alpha value is -1.43. The summed E-state index contributed by atoms with van der Waals surface area (Å²) in [6.45, 7) is 3.52. The molecular formula is C22H34N4O2. The van der Waals surface area contributed by atoms with Gasteiger partial charge in [-0.2, -0.15) is 4.98 Å². The van der Waals surface area contributed by atoms with E-state index in [1.165, 1.54) is 57.8 Å². The van der Waals surface area contributed by atoms with Gasteiger partial charge < -0.3 is 9.42 Å². The van der Waals surface area contributed by atoms with Crippen LogP contribution in [0.25, 0.3) is 0 Å².